The predicted octanol–water partition coefficient (Wildman–Crippen LogP) is 3.93. The van der Waals surface area contributed by atoms with Crippen LogP contribution in [-0.2, 0) is 13.0 Å². The van der Waals surface area contributed by atoms with Crippen molar-refractivity contribution in [3.05, 3.63) is 65.3 Å². The van der Waals surface area contributed by atoms with Gasteiger partial charge >= 0.3 is 0 Å². The Hall–Kier alpha value is -3.06. The Bertz CT molecular complexity index is 886. The fourth-order valence-electron chi connectivity index (χ4n) is 2.97. The van der Waals surface area contributed by atoms with Crippen molar-refractivity contribution in [3.63, 3.8) is 0 Å². The molecule has 7 heteroatoms. The van der Waals surface area contributed by atoms with E-state index in [9.17, 15) is 0 Å². The van der Waals surface area contributed by atoms with Crippen LogP contribution in [-0.4, -0.2) is 31.0 Å². The summed E-state index contributed by atoms with van der Waals surface area (Å²) in [7, 11) is 3.23. The van der Waals surface area contributed by atoms with E-state index in [0.29, 0.717) is 48.5 Å². The quantitative estimate of drug-likeness (QED) is 0.555. The maximum absolute atomic E-state index is 5.65. The summed E-state index contributed by atoms with van der Waals surface area (Å²) in [5, 5.41) is 7.49. The molecule has 0 bridgehead atoms. The van der Waals surface area contributed by atoms with Crippen molar-refractivity contribution in [2.24, 2.45) is 0 Å². The Kier molecular flexibility index (Phi) is 7.08. The van der Waals surface area contributed by atoms with E-state index < -0.39 is 0 Å². The molecule has 3 rings (SSSR count). The second-order valence-electron chi connectivity index (χ2n) is 6.58. The molecule has 1 heterocycles. The first-order valence-electron chi connectivity index (χ1n) is 9.62. The smallest absolute Gasteiger partial charge is 0.243 e. The standard InChI is InChI=1S/C22H27N3O4/c1-5-28-21-18(26-3)11-17(12-19(21)27-4)14-23-15(2)22-24-20(25-29-22)13-16-9-7-6-8-10-16/h6-12,15,23H,5,13-14H2,1-4H3. The van der Waals surface area contributed by atoms with Gasteiger partial charge in [0.2, 0.25) is 11.6 Å². The van der Waals surface area contributed by atoms with Gasteiger partial charge in [-0.2, -0.15) is 4.98 Å². The minimum Gasteiger partial charge on any atom is -0.493 e. The lowest BCUT2D eigenvalue weighted by molar-refractivity contribution is 0.287. The van der Waals surface area contributed by atoms with Crippen LogP contribution in [0.15, 0.2) is 47.0 Å². The average Bonchev–Trinajstić information content (AvgIpc) is 3.22. The summed E-state index contributed by atoms with van der Waals surface area (Å²) in [6.07, 6.45) is 0.643. The second-order valence-corrected chi connectivity index (χ2v) is 6.58. The fourth-order valence-corrected chi connectivity index (χ4v) is 2.97. The van der Waals surface area contributed by atoms with Crippen LogP contribution in [0.25, 0.3) is 0 Å². The van der Waals surface area contributed by atoms with E-state index in [4.69, 9.17) is 18.7 Å². The highest BCUT2D eigenvalue weighted by atomic mass is 16.5. The number of hydrogen-bond acceptors (Lipinski definition) is 7. The van der Waals surface area contributed by atoms with Crippen LogP contribution in [0.3, 0.4) is 0 Å². The van der Waals surface area contributed by atoms with Gasteiger partial charge in [0.05, 0.1) is 26.9 Å². The van der Waals surface area contributed by atoms with Crippen molar-refractivity contribution in [2.75, 3.05) is 20.8 Å². The second kappa shape index (κ2) is 9.93. The predicted molar refractivity (Wildman–Crippen MR) is 110 cm³/mol. The summed E-state index contributed by atoms with van der Waals surface area (Å²) < 4.78 is 22.0. The lowest BCUT2D eigenvalue weighted by atomic mass is 10.1. The molecule has 154 valence electrons. The van der Waals surface area contributed by atoms with Gasteiger partial charge in [-0.15, -0.1) is 0 Å². The molecule has 0 spiro atoms. The molecule has 0 aliphatic heterocycles. The summed E-state index contributed by atoms with van der Waals surface area (Å²) in [6.45, 7) is 5.02. The van der Waals surface area contributed by atoms with Gasteiger partial charge in [-0.3, -0.25) is 0 Å². The molecule has 1 aromatic heterocycles. The first-order chi connectivity index (χ1) is 14.1. The van der Waals surface area contributed by atoms with E-state index in [2.05, 4.69) is 15.5 Å². The van der Waals surface area contributed by atoms with Crippen LogP contribution in [0.4, 0.5) is 0 Å². The number of hydrogen-bond donors (Lipinski definition) is 1. The molecule has 3 aromatic rings. The van der Waals surface area contributed by atoms with Crippen molar-refractivity contribution >= 4 is 0 Å². The number of benzene rings is 2. The van der Waals surface area contributed by atoms with Crippen molar-refractivity contribution in [1.29, 1.82) is 0 Å². The van der Waals surface area contributed by atoms with E-state index in [1.54, 1.807) is 14.2 Å². The van der Waals surface area contributed by atoms with Crippen molar-refractivity contribution < 1.29 is 18.7 Å². The molecule has 0 amide bonds. The summed E-state index contributed by atoms with van der Waals surface area (Å²) >= 11 is 0. The molecule has 1 unspecified atom stereocenters. The first-order valence-corrected chi connectivity index (χ1v) is 9.62. The van der Waals surface area contributed by atoms with Crippen LogP contribution in [0.5, 0.6) is 17.2 Å². The number of rotatable bonds is 10. The molecule has 29 heavy (non-hydrogen) atoms. The molecule has 1 atom stereocenters. The molecule has 0 aliphatic rings. The molecule has 0 saturated carbocycles. The number of nitrogens with zero attached hydrogens (tertiary/aromatic N) is 2. The zero-order valence-electron chi connectivity index (χ0n) is 17.3. The lowest BCUT2D eigenvalue weighted by Gasteiger charge is -2.16. The molecule has 0 radical (unpaired) electrons. The molecule has 1 N–H and O–H groups in total. The molecule has 0 fully saturated rings. The highest BCUT2D eigenvalue weighted by Gasteiger charge is 2.17. The summed E-state index contributed by atoms with van der Waals surface area (Å²) in [5.41, 5.74) is 2.15. The van der Waals surface area contributed by atoms with E-state index >= 15 is 0 Å². The van der Waals surface area contributed by atoms with E-state index in [0.717, 1.165) is 11.1 Å². The third-order valence-electron chi connectivity index (χ3n) is 4.48. The summed E-state index contributed by atoms with van der Waals surface area (Å²) in [4.78, 5) is 4.51. The van der Waals surface area contributed by atoms with Crippen LogP contribution in [0.2, 0.25) is 0 Å². The Morgan fingerprint density at radius 2 is 1.72 bits per heavy atom. The molecular weight excluding hydrogens is 370 g/mol. The zero-order chi connectivity index (χ0) is 20.6. The Labute approximate surface area is 171 Å². The Morgan fingerprint density at radius 3 is 2.34 bits per heavy atom. The third kappa shape index (κ3) is 5.26. The van der Waals surface area contributed by atoms with Crippen LogP contribution in [0, 0.1) is 0 Å². The SMILES string of the molecule is CCOc1c(OC)cc(CNC(C)c2nc(Cc3ccccc3)no2)cc1OC. The highest BCUT2D eigenvalue weighted by molar-refractivity contribution is 5.53. The maximum atomic E-state index is 5.65. The molecule has 2 aromatic carbocycles. The topological polar surface area (TPSA) is 78.6 Å². The Morgan fingerprint density at radius 1 is 1.03 bits per heavy atom. The van der Waals surface area contributed by atoms with Crippen LogP contribution >= 0.6 is 0 Å². The van der Waals surface area contributed by atoms with Gasteiger partial charge < -0.3 is 24.1 Å². The molecule has 0 aliphatic carbocycles. The maximum Gasteiger partial charge on any atom is 0.243 e. The Balaban J connectivity index is 1.65. The normalized spacial score (nSPS) is 11.9. The minimum absolute atomic E-state index is 0.101. The molecule has 0 saturated heterocycles. The first kappa shape index (κ1) is 20.7. The largest absolute Gasteiger partial charge is 0.493 e. The van der Waals surface area contributed by atoms with E-state index in [1.807, 2.05) is 56.3 Å². The monoisotopic (exact) mass is 397 g/mol. The van der Waals surface area contributed by atoms with Crippen LogP contribution < -0.4 is 19.5 Å². The van der Waals surface area contributed by atoms with Gasteiger partial charge in [-0.25, -0.2) is 0 Å². The van der Waals surface area contributed by atoms with Gasteiger partial charge in [-0.1, -0.05) is 35.5 Å². The van der Waals surface area contributed by atoms with Crippen molar-refractivity contribution in [1.82, 2.24) is 15.5 Å². The van der Waals surface area contributed by atoms with Crippen LogP contribution in [0.1, 0.15) is 42.7 Å². The number of ether oxygens (including phenoxy) is 3. The van der Waals surface area contributed by atoms with Crippen molar-refractivity contribution in [3.8, 4) is 17.2 Å². The zero-order valence-corrected chi connectivity index (χ0v) is 17.3. The third-order valence-corrected chi connectivity index (χ3v) is 4.48. The summed E-state index contributed by atoms with van der Waals surface area (Å²) in [6, 6.07) is 13.8. The average molecular weight is 397 g/mol. The number of aromatic nitrogens is 2. The van der Waals surface area contributed by atoms with Gasteiger partial charge in [-0.05, 0) is 37.1 Å². The van der Waals surface area contributed by atoms with E-state index in [-0.39, 0.29) is 6.04 Å². The van der Waals surface area contributed by atoms with Gasteiger partial charge in [0, 0.05) is 13.0 Å². The van der Waals surface area contributed by atoms with Crippen molar-refractivity contribution in [2.45, 2.75) is 32.9 Å². The summed E-state index contributed by atoms with van der Waals surface area (Å²) in [5.74, 6) is 3.11. The van der Waals surface area contributed by atoms with Gasteiger partial charge in [0.25, 0.3) is 0 Å². The molecule has 7 nitrogen and oxygen atoms in total. The van der Waals surface area contributed by atoms with Gasteiger partial charge in [0.15, 0.2) is 17.3 Å². The number of methoxy groups -OCH3 is 2. The van der Waals surface area contributed by atoms with Gasteiger partial charge in [0.1, 0.15) is 0 Å². The highest BCUT2D eigenvalue weighted by Crippen LogP contribution is 2.38. The fraction of sp³-hybridized carbons (Fsp3) is 0.364. The molecular formula is C22H27N3O4. The van der Waals surface area contributed by atoms with E-state index in [1.165, 1.54) is 0 Å². The minimum atomic E-state index is -0.101. The number of nitrogens with one attached hydrogen (secondary N) is 1. The lowest BCUT2D eigenvalue weighted by Crippen LogP contribution is -2.18.